The number of pyridine rings is 1. The Morgan fingerprint density at radius 3 is 1.57 bits per heavy atom. The summed E-state index contributed by atoms with van der Waals surface area (Å²) >= 11 is 0. The Morgan fingerprint density at radius 2 is 1.29 bits per heavy atom. The molecule has 0 bridgehead atoms. The van der Waals surface area contributed by atoms with E-state index in [1.807, 2.05) is 0 Å². The van der Waals surface area contributed by atoms with Crippen LogP contribution in [0.3, 0.4) is 0 Å². The molecule has 108 valence electrons. The smallest absolute Gasteiger partial charge is 0.337 e. The first kappa shape index (κ1) is 15.8. The Morgan fingerprint density at radius 1 is 0.762 bits per heavy atom. The molecule has 0 fully saturated rings. The number of carboxylic acid groups (broad SMARTS) is 3. The number of rotatable bonds is 3. The van der Waals surface area contributed by atoms with E-state index in [2.05, 4.69) is 4.98 Å². The summed E-state index contributed by atoms with van der Waals surface area (Å²) in [7, 11) is 0. The predicted molar refractivity (Wildman–Crippen MR) is 71.6 cm³/mol. The van der Waals surface area contributed by atoms with E-state index in [4.69, 9.17) is 15.3 Å². The van der Waals surface area contributed by atoms with Gasteiger partial charge in [0.15, 0.2) is 0 Å². The second-order valence-electron chi connectivity index (χ2n) is 3.70. The largest absolute Gasteiger partial charge is 0.478 e. The van der Waals surface area contributed by atoms with Crippen LogP contribution in [0.5, 0.6) is 0 Å². The van der Waals surface area contributed by atoms with Gasteiger partial charge >= 0.3 is 17.9 Å². The minimum absolute atomic E-state index is 0.190. The molecule has 7 nitrogen and oxygen atoms in total. The fourth-order valence-electron chi connectivity index (χ4n) is 1.35. The lowest BCUT2D eigenvalue weighted by molar-refractivity contribution is 0.0651. The fraction of sp³-hybridized carbons (Fsp3) is 0. The number of nitrogens with zero attached hydrogens (tertiary/aromatic N) is 1. The standard InChI is InChI=1S/C8H6O4.C6H5NO2/c9-7(10)5-3-1-2-4-6(5)8(11)12;8-6(9)5-2-1-3-7-4-5/h1-4H,(H,9,10)(H,11,12);1-4H,(H,8,9). The maximum atomic E-state index is 10.5. The lowest BCUT2D eigenvalue weighted by Crippen LogP contribution is -2.06. The highest BCUT2D eigenvalue weighted by Crippen LogP contribution is 2.07. The zero-order valence-electron chi connectivity index (χ0n) is 10.6. The molecule has 0 unspecified atom stereocenters. The third kappa shape index (κ3) is 4.75. The Hall–Kier alpha value is -3.22. The van der Waals surface area contributed by atoms with Crippen LogP contribution in [0.15, 0.2) is 48.8 Å². The van der Waals surface area contributed by atoms with Crippen LogP contribution in [0.2, 0.25) is 0 Å². The van der Waals surface area contributed by atoms with E-state index < -0.39 is 17.9 Å². The van der Waals surface area contributed by atoms with Crippen LogP contribution in [-0.2, 0) is 0 Å². The Labute approximate surface area is 119 Å². The topological polar surface area (TPSA) is 125 Å². The molecule has 21 heavy (non-hydrogen) atoms. The van der Waals surface area contributed by atoms with Crippen LogP contribution >= 0.6 is 0 Å². The molecule has 1 aromatic carbocycles. The van der Waals surface area contributed by atoms with Crippen LogP contribution in [0, 0.1) is 0 Å². The lowest BCUT2D eigenvalue weighted by Gasteiger charge is -1.98. The first-order valence-electron chi connectivity index (χ1n) is 5.62. The molecule has 7 heteroatoms. The van der Waals surface area contributed by atoms with Crippen molar-refractivity contribution in [1.29, 1.82) is 0 Å². The quantitative estimate of drug-likeness (QED) is 0.787. The Kier molecular flexibility index (Phi) is 5.57. The van der Waals surface area contributed by atoms with Gasteiger partial charge in [0.05, 0.1) is 16.7 Å². The van der Waals surface area contributed by atoms with E-state index in [-0.39, 0.29) is 16.7 Å². The molecular weight excluding hydrogens is 278 g/mol. The van der Waals surface area contributed by atoms with E-state index in [0.29, 0.717) is 0 Å². The van der Waals surface area contributed by atoms with Crippen molar-refractivity contribution in [1.82, 2.24) is 4.98 Å². The average molecular weight is 289 g/mol. The molecule has 0 aliphatic heterocycles. The van der Waals surface area contributed by atoms with Crippen molar-refractivity contribution in [2.24, 2.45) is 0 Å². The number of aromatic nitrogens is 1. The summed E-state index contributed by atoms with van der Waals surface area (Å²) in [6.45, 7) is 0. The predicted octanol–water partition coefficient (Wildman–Crippen LogP) is 1.86. The molecule has 0 aliphatic rings. The third-order valence-corrected chi connectivity index (χ3v) is 2.30. The van der Waals surface area contributed by atoms with Crippen molar-refractivity contribution >= 4 is 17.9 Å². The van der Waals surface area contributed by atoms with E-state index in [1.54, 1.807) is 6.07 Å². The SMILES string of the molecule is O=C(O)c1ccccc1C(=O)O.O=C(O)c1cccnc1. The number of benzene rings is 1. The first-order chi connectivity index (χ1) is 9.93. The zero-order chi connectivity index (χ0) is 15.8. The van der Waals surface area contributed by atoms with E-state index in [9.17, 15) is 14.4 Å². The van der Waals surface area contributed by atoms with Crippen LogP contribution in [0.4, 0.5) is 0 Å². The second kappa shape index (κ2) is 7.39. The summed E-state index contributed by atoms with van der Waals surface area (Å²) in [4.78, 5) is 34.7. The maximum absolute atomic E-state index is 10.5. The monoisotopic (exact) mass is 289 g/mol. The molecule has 1 aromatic heterocycles. The van der Waals surface area contributed by atoms with Crippen molar-refractivity contribution in [2.45, 2.75) is 0 Å². The molecule has 2 rings (SSSR count). The third-order valence-electron chi connectivity index (χ3n) is 2.30. The van der Waals surface area contributed by atoms with Gasteiger partial charge in [0.2, 0.25) is 0 Å². The highest BCUT2D eigenvalue weighted by atomic mass is 16.4. The minimum Gasteiger partial charge on any atom is -0.478 e. The molecule has 0 spiro atoms. The molecule has 3 N–H and O–H groups in total. The lowest BCUT2D eigenvalue weighted by atomic mass is 10.1. The van der Waals surface area contributed by atoms with Crippen molar-refractivity contribution in [3.05, 3.63) is 65.5 Å². The van der Waals surface area contributed by atoms with Gasteiger partial charge < -0.3 is 15.3 Å². The molecule has 0 atom stereocenters. The van der Waals surface area contributed by atoms with Gasteiger partial charge in [-0.1, -0.05) is 12.1 Å². The van der Waals surface area contributed by atoms with Gasteiger partial charge in [0.1, 0.15) is 0 Å². The molecule has 1 heterocycles. The van der Waals surface area contributed by atoms with Gasteiger partial charge in [-0.05, 0) is 24.3 Å². The van der Waals surface area contributed by atoms with Gasteiger partial charge in [-0.25, -0.2) is 14.4 Å². The van der Waals surface area contributed by atoms with E-state index >= 15 is 0 Å². The van der Waals surface area contributed by atoms with Crippen molar-refractivity contribution in [3.8, 4) is 0 Å². The number of carbonyl (C=O) groups is 3. The molecule has 0 radical (unpaired) electrons. The minimum atomic E-state index is -1.23. The molecule has 0 saturated carbocycles. The van der Waals surface area contributed by atoms with Crippen LogP contribution in [-0.4, -0.2) is 38.2 Å². The normalized spacial score (nSPS) is 9.14. The zero-order valence-corrected chi connectivity index (χ0v) is 10.6. The van der Waals surface area contributed by atoms with Crippen LogP contribution < -0.4 is 0 Å². The fourth-order valence-corrected chi connectivity index (χ4v) is 1.35. The van der Waals surface area contributed by atoms with E-state index in [1.165, 1.54) is 42.7 Å². The summed E-state index contributed by atoms with van der Waals surface area (Å²) in [5.74, 6) is -3.40. The number of hydrogen-bond donors (Lipinski definition) is 3. The molecule has 0 amide bonds. The van der Waals surface area contributed by atoms with Gasteiger partial charge in [-0.15, -0.1) is 0 Å². The summed E-state index contributed by atoms with van der Waals surface area (Å²) in [6.07, 6.45) is 2.84. The maximum Gasteiger partial charge on any atom is 0.337 e. The highest BCUT2D eigenvalue weighted by Gasteiger charge is 2.13. The summed E-state index contributed by atoms with van der Waals surface area (Å²) < 4.78 is 0. The van der Waals surface area contributed by atoms with Crippen LogP contribution in [0.25, 0.3) is 0 Å². The molecule has 0 aliphatic carbocycles. The summed E-state index contributed by atoms with van der Waals surface area (Å²) in [5, 5.41) is 25.4. The van der Waals surface area contributed by atoms with E-state index in [0.717, 1.165) is 0 Å². The number of carboxylic acids is 3. The summed E-state index contributed by atoms with van der Waals surface area (Å²) in [5.41, 5.74) is -0.160. The highest BCUT2D eigenvalue weighted by molar-refractivity contribution is 6.01. The van der Waals surface area contributed by atoms with Crippen molar-refractivity contribution in [3.63, 3.8) is 0 Å². The number of aromatic carboxylic acids is 3. The summed E-state index contributed by atoms with van der Waals surface area (Å²) in [6, 6.07) is 8.56. The van der Waals surface area contributed by atoms with Crippen molar-refractivity contribution in [2.75, 3.05) is 0 Å². The van der Waals surface area contributed by atoms with Gasteiger partial charge in [-0.3, -0.25) is 4.98 Å². The first-order valence-corrected chi connectivity index (χ1v) is 5.62. The molecule has 0 saturated heterocycles. The molecule has 2 aromatic rings. The second-order valence-corrected chi connectivity index (χ2v) is 3.70. The number of hydrogen-bond acceptors (Lipinski definition) is 4. The van der Waals surface area contributed by atoms with Gasteiger partial charge in [-0.2, -0.15) is 0 Å². The Bertz CT molecular complexity index is 621. The van der Waals surface area contributed by atoms with Crippen LogP contribution in [0.1, 0.15) is 31.1 Å². The average Bonchev–Trinajstić information content (AvgIpc) is 2.48. The Balaban J connectivity index is 0.000000219. The van der Waals surface area contributed by atoms with Crippen molar-refractivity contribution < 1.29 is 29.7 Å². The van der Waals surface area contributed by atoms with Gasteiger partial charge in [0.25, 0.3) is 0 Å². The molecular formula is C14H11NO6. The van der Waals surface area contributed by atoms with Gasteiger partial charge in [0, 0.05) is 12.4 Å².